The first-order chi connectivity index (χ1) is 39.2. The summed E-state index contributed by atoms with van der Waals surface area (Å²) in [6.07, 6.45) is 32.4. The van der Waals surface area contributed by atoms with Crippen LogP contribution in [0.2, 0.25) is 0 Å². The predicted octanol–water partition coefficient (Wildman–Crippen LogP) is 7.91. The van der Waals surface area contributed by atoms with Crippen LogP contribution in [0.4, 0.5) is 16.2 Å². The summed E-state index contributed by atoms with van der Waals surface area (Å²) in [4.78, 5) is 46.8. The van der Waals surface area contributed by atoms with Crippen LogP contribution in [0.15, 0.2) is 125 Å². The number of carbonyl (C=O) groups is 3. The SMILES string of the molecule is C/C=C(/C=C1\SC2=CCCC=C2N1CCCCC(=O)NCCN(CCNC(=O)CCCC[n+]1c(/C=C2\C=CN(C)c3ccccc32)sc2c1=CCCC=2)CCNC(=O)OC(C)(C)C)c1ccccc1[NH2+]C.C=C/C(=C/C)[NH2+]C.CCN. The number of unbranched alkanes of at least 4 members (excludes halogenated alkanes) is 2. The number of nitrogens with zero attached hydrogens (tertiary/aromatic N) is 4. The van der Waals surface area contributed by atoms with Gasteiger partial charge in [0.15, 0.2) is 6.54 Å². The Morgan fingerprint density at radius 3 is 2.15 bits per heavy atom. The van der Waals surface area contributed by atoms with E-state index < -0.39 is 11.7 Å². The molecule has 1 saturated heterocycles. The number of allylic oxidation sites excluding steroid dienone is 9. The van der Waals surface area contributed by atoms with Crippen LogP contribution in [0, 0.1) is 0 Å². The fourth-order valence-electron chi connectivity index (χ4n) is 9.67. The van der Waals surface area contributed by atoms with Gasteiger partial charge in [-0.3, -0.25) is 14.5 Å². The maximum Gasteiger partial charge on any atom is 0.407 e. The summed E-state index contributed by atoms with van der Waals surface area (Å²) in [5.41, 5.74) is 14.0. The van der Waals surface area contributed by atoms with Gasteiger partial charge in [0.25, 0.3) is 5.01 Å². The quantitative estimate of drug-likeness (QED) is 0.0214. The second-order valence-electron chi connectivity index (χ2n) is 21.0. The van der Waals surface area contributed by atoms with Gasteiger partial charge < -0.3 is 46.9 Å². The number of thiazole rings is 1. The number of ether oxygens (including phenoxy) is 1. The highest BCUT2D eigenvalue weighted by Crippen LogP contribution is 2.48. The number of rotatable bonds is 25. The fraction of sp³-hybridized carbons (Fsp3) is 0.446. The van der Waals surface area contributed by atoms with Gasteiger partial charge >= 0.3 is 6.09 Å². The highest BCUT2D eigenvalue weighted by molar-refractivity contribution is 8.07. The molecule has 9 N–H and O–H groups in total. The second kappa shape index (κ2) is 34.9. The van der Waals surface area contributed by atoms with Gasteiger partial charge in [-0.1, -0.05) is 91.2 Å². The van der Waals surface area contributed by atoms with Gasteiger partial charge in [-0.25, -0.2) is 4.79 Å². The third-order valence-corrected chi connectivity index (χ3v) is 16.1. The van der Waals surface area contributed by atoms with Gasteiger partial charge in [0.1, 0.15) is 21.5 Å². The molecule has 16 heteroatoms. The summed E-state index contributed by atoms with van der Waals surface area (Å²) < 4.78 is 9.21. The minimum Gasteiger partial charge on any atom is -0.444 e. The summed E-state index contributed by atoms with van der Waals surface area (Å²) >= 11 is 3.69. The van der Waals surface area contributed by atoms with Crippen LogP contribution in [0.1, 0.15) is 122 Å². The molecule has 2 aromatic carbocycles. The molecule has 1 aromatic heterocycles. The number of quaternary nitrogens is 2. The Hall–Kier alpha value is -6.27. The molecule has 3 aromatic rings. The molecule has 0 radical (unpaired) electrons. The molecule has 1 fully saturated rings. The molecule has 81 heavy (non-hydrogen) atoms. The van der Waals surface area contributed by atoms with Gasteiger partial charge in [0.05, 0.1) is 24.8 Å². The van der Waals surface area contributed by atoms with E-state index in [0.29, 0.717) is 52.1 Å². The van der Waals surface area contributed by atoms with Crippen molar-refractivity contribution in [1.29, 1.82) is 0 Å². The van der Waals surface area contributed by atoms with Crippen LogP contribution in [-0.4, -0.2) is 107 Å². The number of carbonyl (C=O) groups excluding carboxylic acids is 3. The number of hydrogen-bond acceptors (Lipinski definition) is 10. The lowest BCUT2D eigenvalue weighted by atomic mass is 10.00. The number of anilines is 1. The zero-order chi connectivity index (χ0) is 58.6. The van der Waals surface area contributed by atoms with Crippen molar-refractivity contribution in [2.75, 3.05) is 78.4 Å². The lowest BCUT2D eigenvalue weighted by molar-refractivity contribution is -0.707. The van der Waals surface area contributed by atoms with Crippen molar-refractivity contribution in [2.24, 2.45) is 5.73 Å². The molecule has 0 bridgehead atoms. The Morgan fingerprint density at radius 2 is 1.49 bits per heavy atom. The highest BCUT2D eigenvalue weighted by atomic mass is 32.2. The number of hydrogen-bond donors (Lipinski definition) is 6. The number of benzene rings is 2. The lowest BCUT2D eigenvalue weighted by Crippen LogP contribution is -2.76. The lowest BCUT2D eigenvalue weighted by Gasteiger charge is -2.24. The summed E-state index contributed by atoms with van der Waals surface area (Å²) in [5.74, 6) is 0.0605. The number of nitrogens with two attached hydrogens (primary N) is 3. The summed E-state index contributed by atoms with van der Waals surface area (Å²) in [6.45, 7) is 20.6. The first-order valence-corrected chi connectivity index (χ1v) is 30.9. The van der Waals surface area contributed by atoms with E-state index in [1.807, 2.05) is 82.2 Å². The van der Waals surface area contributed by atoms with E-state index in [2.05, 4.69) is 171 Å². The summed E-state index contributed by atoms with van der Waals surface area (Å²) in [5, 5.41) is 17.0. The normalized spacial score (nSPS) is 15.6. The number of nitrogens with one attached hydrogen (secondary N) is 3. The maximum atomic E-state index is 13.2. The van der Waals surface area contributed by atoms with Gasteiger partial charge in [-0.2, -0.15) is 4.57 Å². The first kappa shape index (κ1) is 65.5. The fourth-order valence-corrected chi connectivity index (χ4v) is 12.1. The Bertz CT molecular complexity index is 2920. The van der Waals surface area contributed by atoms with E-state index in [0.717, 1.165) is 71.0 Å². The van der Waals surface area contributed by atoms with Crippen molar-refractivity contribution >= 4 is 81.8 Å². The summed E-state index contributed by atoms with van der Waals surface area (Å²) in [6, 6.07) is 17.1. The standard InChI is InChI=1S/C57H74N8O4S2.C6H11N.C2H7N/c1-7-42(44-20-8-10-22-46(44)58-5)40-54-64(48-24-12-14-26-50(48)70-54)34-18-16-28-52(66)59-31-37-63(39-33-61-56(68)69-57(2,3)4)38-32-60-53(67)29-17-19-35-65-49-25-13-15-27-51(49)71-55(65)41-43-30-36-62(6)47-23-11-9-21-45(43)47;1-4-6(5-2)7-3;1-2-3/h7-11,20-27,30,36,40-41,58H,12-19,28-29,31-35,37-39H2,1-6H3,(H2-,59,60,61,66,67,68);4-5,7H,1H2,2-3H3;2-3H2,1H3/p+3/b42-7-,54-40-;6-5-;. The van der Waals surface area contributed by atoms with Crippen molar-refractivity contribution in [3.8, 4) is 0 Å². The average molecular weight is 1140 g/mol. The Morgan fingerprint density at radius 1 is 0.852 bits per heavy atom. The van der Waals surface area contributed by atoms with Gasteiger partial charge in [-0.15, -0.1) is 0 Å². The van der Waals surface area contributed by atoms with Crippen LogP contribution in [0.3, 0.4) is 0 Å². The Labute approximate surface area is 492 Å². The number of para-hydroxylation sites is 2. The van der Waals surface area contributed by atoms with Crippen molar-refractivity contribution in [3.63, 3.8) is 0 Å². The molecule has 0 spiro atoms. The third-order valence-electron chi connectivity index (χ3n) is 13.8. The van der Waals surface area contributed by atoms with E-state index in [4.69, 9.17) is 10.5 Å². The minimum atomic E-state index is -0.594. The van der Waals surface area contributed by atoms with Crippen LogP contribution in [0.25, 0.3) is 29.4 Å². The third kappa shape index (κ3) is 21.2. The van der Waals surface area contributed by atoms with Crippen LogP contribution in [0.5, 0.6) is 0 Å². The van der Waals surface area contributed by atoms with E-state index >= 15 is 0 Å². The van der Waals surface area contributed by atoms with Crippen molar-refractivity contribution in [2.45, 2.75) is 118 Å². The van der Waals surface area contributed by atoms with Crippen molar-refractivity contribution in [3.05, 3.63) is 151 Å². The number of fused-ring (bicyclic) bond motifs is 3. The van der Waals surface area contributed by atoms with Crippen LogP contribution < -0.4 is 51.7 Å². The maximum absolute atomic E-state index is 13.2. The molecule has 3 amide bonds. The Kier molecular flexibility index (Phi) is 28.2. The van der Waals surface area contributed by atoms with Crippen LogP contribution >= 0.6 is 23.1 Å². The van der Waals surface area contributed by atoms with Gasteiger partial charge in [-0.05, 0) is 146 Å². The second-order valence-corrected chi connectivity index (χ2v) is 23.2. The molecule has 438 valence electrons. The highest BCUT2D eigenvalue weighted by Gasteiger charge is 2.30. The molecular weight excluding hydrogens is 1050 g/mol. The number of likely N-dealkylation sites (N-methyl/N-ethyl adjacent to an activating group) is 1. The molecule has 2 aliphatic heterocycles. The molecule has 14 nitrogen and oxygen atoms in total. The van der Waals surface area contributed by atoms with E-state index in [-0.39, 0.29) is 11.8 Å². The van der Waals surface area contributed by atoms with Crippen molar-refractivity contribution < 1.29 is 34.3 Å². The van der Waals surface area contributed by atoms with Gasteiger partial charge in [0.2, 0.25) is 17.2 Å². The Balaban J connectivity index is 0.00000111. The number of amides is 3. The van der Waals surface area contributed by atoms with Crippen molar-refractivity contribution in [1.82, 2.24) is 25.8 Å². The molecule has 2 aliphatic carbocycles. The molecule has 3 heterocycles. The number of thioether (sulfide) groups is 1. The molecule has 0 unspecified atom stereocenters. The molecule has 0 saturated carbocycles. The first-order valence-electron chi connectivity index (χ1n) is 29.3. The average Bonchev–Trinajstić information content (AvgIpc) is 4.11. The zero-order valence-corrected chi connectivity index (χ0v) is 51.7. The van der Waals surface area contributed by atoms with E-state index in [1.165, 1.54) is 69.9 Å². The topological polar surface area (TPSA) is 169 Å². The monoisotopic (exact) mass is 1140 g/mol. The smallest absolute Gasteiger partial charge is 0.407 e. The number of aromatic nitrogens is 1. The molecule has 4 aliphatic rings. The number of alkyl carbamates (subject to hydrolysis) is 1. The van der Waals surface area contributed by atoms with E-state index in [9.17, 15) is 14.4 Å². The largest absolute Gasteiger partial charge is 0.444 e. The van der Waals surface area contributed by atoms with Gasteiger partial charge in [0, 0.05) is 106 Å². The van der Waals surface area contributed by atoms with Crippen LogP contribution in [-0.2, 0) is 20.9 Å². The summed E-state index contributed by atoms with van der Waals surface area (Å²) in [7, 11) is 6.16. The van der Waals surface area contributed by atoms with E-state index in [1.54, 1.807) is 0 Å². The minimum absolute atomic E-state index is 0.0303. The molecule has 0 atom stereocenters. The predicted molar refractivity (Wildman–Crippen MR) is 340 cm³/mol. The molecular formula is C65H95N10O4S2+3. The molecule has 7 rings (SSSR count). The zero-order valence-electron chi connectivity index (χ0n) is 50.1.